The van der Waals surface area contributed by atoms with Crippen molar-refractivity contribution in [1.82, 2.24) is 4.90 Å². The molecule has 82 valence electrons. The normalized spacial score (nSPS) is 22.4. The number of amides is 1. The van der Waals surface area contributed by atoms with Gasteiger partial charge in [-0.05, 0) is 6.42 Å². The first-order valence-electron chi connectivity index (χ1n) is 4.77. The summed E-state index contributed by atoms with van der Waals surface area (Å²) >= 11 is 0. The summed E-state index contributed by atoms with van der Waals surface area (Å²) in [5.74, 6) is -3.63. The van der Waals surface area contributed by atoms with Gasteiger partial charge >= 0.3 is 0 Å². The minimum Gasteiger partial charge on any atom is -0.396 e. The van der Waals surface area contributed by atoms with E-state index in [1.165, 1.54) is 0 Å². The lowest BCUT2D eigenvalue weighted by molar-refractivity contribution is -0.137. The Morgan fingerprint density at radius 1 is 1.64 bits per heavy atom. The Morgan fingerprint density at radius 2 is 2.29 bits per heavy atom. The topological polar surface area (TPSA) is 40.5 Å². The molecule has 1 rings (SSSR count). The molecule has 5 heteroatoms. The molecule has 0 aliphatic carbocycles. The van der Waals surface area contributed by atoms with E-state index in [1.54, 1.807) is 6.92 Å². The second-order valence-electron chi connectivity index (χ2n) is 3.65. The highest BCUT2D eigenvalue weighted by Gasteiger charge is 2.41. The third kappa shape index (κ3) is 2.41. The number of halogens is 2. The number of nitrogens with zero attached hydrogens (tertiary/aromatic N) is 1. The molecular formula is C9H15F2NO2. The van der Waals surface area contributed by atoms with Crippen molar-refractivity contribution >= 4 is 5.91 Å². The number of alkyl halides is 2. The highest BCUT2D eigenvalue weighted by atomic mass is 19.3. The Balaban J connectivity index is 2.54. The summed E-state index contributed by atoms with van der Waals surface area (Å²) in [6.45, 7) is 1.09. The smallest absolute Gasteiger partial charge is 0.267 e. The van der Waals surface area contributed by atoms with E-state index in [2.05, 4.69) is 0 Å². The molecular weight excluding hydrogens is 192 g/mol. The zero-order valence-corrected chi connectivity index (χ0v) is 8.17. The molecule has 1 aliphatic rings. The van der Waals surface area contributed by atoms with Crippen molar-refractivity contribution in [1.29, 1.82) is 0 Å². The van der Waals surface area contributed by atoms with Crippen LogP contribution in [0.5, 0.6) is 0 Å². The summed E-state index contributed by atoms with van der Waals surface area (Å²) in [5.41, 5.74) is 0. The zero-order chi connectivity index (χ0) is 10.8. The lowest BCUT2D eigenvalue weighted by Gasteiger charge is -2.20. The van der Waals surface area contributed by atoms with Gasteiger partial charge in [-0.2, -0.15) is 0 Å². The van der Waals surface area contributed by atoms with Gasteiger partial charge in [0.05, 0.1) is 19.1 Å². The number of likely N-dealkylation sites (tertiary alicyclic amines) is 1. The fraction of sp³-hybridized carbons (Fsp3) is 0.889. The maximum atomic E-state index is 12.8. The van der Waals surface area contributed by atoms with Crippen LogP contribution in [0.3, 0.4) is 0 Å². The molecule has 1 unspecified atom stereocenters. The molecule has 0 saturated carbocycles. The van der Waals surface area contributed by atoms with Crippen LogP contribution in [0.2, 0.25) is 0 Å². The van der Waals surface area contributed by atoms with Crippen molar-refractivity contribution in [3.8, 4) is 0 Å². The number of carbonyl (C=O) groups is 1. The average molecular weight is 207 g/mol. The van der Waals surface area contributed by atoms with Gasteiger partial charge in [-0.1, -0.05) is 6.92 Å². The van der Waals surface area contributed by atoms with Gasteiger partial charge in [-0.25, -0.2) is 8.78 Å². The Hall–Kier alpha value is -0.710. The molecule has 14 heavy (non-hydrogen) atoms. The molecule has 1 N–H and O–H groups in total. The molecule has 1 aliphatic heterocycles. The lowest BCUT2D eigenvalue weighted by atomic mass is 10.1. The van der Waals surface area contributed by atoms with Gasteiger partial charge in [0.25, 0.3) is 5.92 Å². The molecule has 3 nitrogen and oxygen atoms in total. The van der Waals surface area contributed by atoms with Crippen molar-refractivity contribution in [3.05, 3.63) is 0 Å². The molecule has 1 saturated heterocycles. The van der Waals surface area contributed by atoms with Crippen LogP contribution in [0, 0.1) is 5.92 Å². The van der Waals surface area contributed by atoms with E-state index in [1.807, 2.05) is 0 Å². The molecule has 0 aromatic heterocycles. The van der Waals surface area contributed by atoms with E-state index in [4.69, 9.17) is 5.11 Å². The predicted octanol–water partition coefficient (Wildman–Crippen LogP) is 0.873. The van der Waals surface area contributed by atoms with Crippen LogP contribution in [-0.4, -0.2) is 41.5 Å². The number of aliphatic hydroxyl groups is 1. The van der Waals surface area contributed by atoms with Crippen molar-refractivity contribution in [2.75, 3.05) is 19.7 Å². The summed E-state index contributed by atoms with van der Waals surface area (Å²) < 4.78 is 25.5. The van der Waals surface area contributed by atoms with E-state index in [0.717, 1.165) is 4.90 Å². The molecule has 0 spiro atoms. The Kier molecular flexibility index (Phi) is 3.42. The summed E-state index contributed by atoms with van der Waals surface area (Å²) in [4.78, 5) is 12.7. The van der Waals surface area contributed by atoms with Crippen LogP contribution >= 0.6 is 0 Å². The average Bonchev–Trinajstić information content (AvgIpc) is 2.48. The largest absolute Gasteiger partial charge is 0.396 e. The van der Waals surface area contributed by atoms with E-state index < -0.39 is 18.4 Å². The second-order valence-corrected chi connectivity index (χ2v) is 3.65. The van der Waals surface area contributed by atoms with Crippen LogP contribution in [0.1, 0.15) is 19.8 Å². The molecule has 0 radical (unpaired) electrons. The third-order valence-electron chi connectivity index (χ3n) is 2.54. The van der Waals surface area contributed by atoms with E-state index >= 15 is 0 Å². The van der Waals surface area contributed by atoms with Crippen molar-refractivity contribution < 1.29 is 18.7 Å². The first-order chi connectivity index (χ1) is 6.50. The number of hydrogen-bond donors (Lipinski definition) is 1. The Morgan fingerprint density at radius 3 is 2.64 bits per heavy atom. The summed E-state index contributed by atoms with van der Waals surface area (Å²) in [5, 5.41) is 8.85. The maximum absolute atomic E-state index is 12.8. The molecule has 0 aromatic rings. The highest BCUT2D eigenvalue weighted by molar-refractivity contribution is 5.79. The van der Waals surface area contributed by atoms with Gasteiger partial charge in [0.15, 0.2) is 0 Å². The number of hydrogen-bond acceptors (Lipinski definition) is 2. The lowest BCUT2D eigenvalue weighted by Crippen LogP contribution is -2.37. The van der Waals surface area contributed by atoms with E-state index in [-0.39, 0.29) is 25.5 Å². The van der Waals surface area contributed by atoms with Gasteiger partial charge < -0.3 is 10.0 Å². The first kappa shape index (κ1) is 11.4. The SMILES string of the molecule is CCC(CO)C(=O)N1CCC(F)(F)C1. The monoisotopic (exact) mass is 207 g/mol. The van der Waals surface area contributed by atoms with Crippen molar-refractivity contribution in [2.24, 2.45) is 5.92 Å². The van der Waals surface area contributed by atoms with Crippen LogP contribution in [0.15, 0.2) is 0 Å². The van der Waals surface area contributed by atoms with Crippen LogP contribution in [-0.2, 0) is 4.79 Å². The van der Waals surface area contributed by atoms with Gasteiger partial charge in [-0.15, -0.1) is 0 Å². The fourth-order valence-electron chi connectivity index (χ4n) is 1.56. The van der Waals surface area contributed by atoms with Crippen LogP contribution < -0.4 is 0 Å². The fourth-order valence-corrected chi connectivity index (χ4v) is 1.56. The van der Waals surface area contributed by atoms with Gasteiger partial charge in [0, 0.05) is 13.0 Å². The van der Waals surface area contributed by atoms with Crippen LogP contribution in [0.25, 0.3) is 0 Å². The summed E-state index contributed by atoms with van der Waals surface area (Å²) in [6.07, 6.45) is 0.220. The zero-order valence-electron chi connectivity index (χ0n) is 8.17. The standard InChI is InChI=1S/C9H15F2NO2/c1-2-7(5-13)8(14)12-4-3-9(10,11)6-12/h7,13H,2-6H2,1H3. The number of aliphatic hydroxyl groups excluding tert-OH is 1. The molecule has 1 fully saturated rings. The maximum Gasteiger partial charge on any atom is 0.267 e. The molecule has 1 heterocycles. The molecule has 0 bridgehead atoms. The Labute approximate surface area is 81.7 Å². The molecule has 0 aromatic carbocycles. The quantitative estimate of drug-likeness (QED) is 0.746. The number of carbonyl (C=O) groups excluding carboxylic acids is 1. The van der Waals surface area contributed by atoms with Gasteiger partial charge in [0.1, 0.15) is 0 Å². The summed E-state index contributed by atoms with van der Waals surface area (Å²) in [6, 6.07) is 0. The Bertz CT molecular complexity index is 217. The number of rotatable bonds is 3. The molecule has 1 atom stereocenters. The third-order valence-corrected chi connectivity index (χ3v) is 2.54. The van der Waals surface area contributed by atoms with E-state index in [0.29, 0.717) is 6.42 Å². The second kappa shape index (κ2) is 4.21. The van der Waals surface area contributed by atoms with Crippen LogP contribution in [0.4, 0.5) is 8.78 Å². The first-order valence-corrected chi connectivity index (χ1v) is 4.77. The van der Waals surface area contributed by atoms with Gasteiger partial charge in [0.2, 0.25) is 5.91 Å². The van der Waals surface area contributed by atoms with Crippen molar-refractivity contribution in [3.63, 3.8) is 0 Å². The van der Waals surface area contributed by atoms with E-state index in [9.17, 15) is 13.6 Å². The van der Waals surface area contributed by atoms with Crippen molar-refractivity contribution in [2.45, 2.75) is 25.7 Å². The minimum absolute atomic E-state index is 0.0995. The molecule has 1 amide bonds. The predicted molar refractivity (Wildman–Crippen MR) is 47.0 cm³/mol. The minimum atomic E-state index is -2.75. The summed E-state index contributed by atoms with van der Waals surface area (Å²) in [7, 11) is 0. The van der Waals surface area contributed by atoms with Gasteiger partial charge in [-0.3, -0.25) is 4.79 Å². The highest BCUT2D eigenvalue weighted by Crippen LogP contribution is 2.27.